The smallest absolute Gasteiger partial charge is 0.255 e. The van der Waals surface area contributed by atoms with Crippen LogP contribution in [0.15, 0.2) is 41.4 Å². The van der Waals surface area contributed by atoms with Gasteiger partial charge in [0.25, 0.3) is 6.43 Å². The van der Waals surface area contributed by atoms with E-state index in [1.807, 2.05) is 7.05 Å². The van der Waals surface area contributed by atoms with Crippen molar-refractivity contribution in [1.29, 1.82) is 0 Å². The Morgan fingerprint density at radius 2 is 1.97 bits per heavy atom. The average molecular weight is 441 g/mol. The molecule has 0 aliphatic carbocycles. The van der Waals surface area contributed by atoms with Gasteiger partial charge in [0, 0.05) is 45.1 Å². The van der Waals surface area contributed by atoms with E-state index in [-0.39, 0.29) is 18.0 Å². The van der Waals surface area contributed by atoms with Crippen molar-refractivity contribution in [2.45, 2.75) is 37.9 Å². The first-order chi connectivity index (χ1) is 14.9. The van der Waals surface area contributed by atoms with E-state index in [1.54, 1.807) is 0 Å². The van der Waals surface area contributed by atoms with E-state index in [9.17, 15) is 17.6 Å². The highest BCUT2D eigenvalue weighted by atomic mass is 19.3. The molecule has 0 saturated carbocycles. The number of likely N-dealkylation sites (N-methyl/N-ethyl adjacent to an activating group) is 1. The van der Waals surface area contributed by atoms with E-state index in [1.165, 1.54) is 17.7 Å². The van der Waals surface area contributed by atoms with Gasteiger partial charge >= 0.3 is 0 Å². The highest BCUT2D eigenvalue weighted by Gasteiger charge is 2.32. The second kappa shape index (κ2) is 9.38. The number of piperidine rings is 2. The van der Waals surface area contributed by atoms with Gasteiger partial charge in [-0.25, -0.2) is 17.6 Å². The Kier molecular flexibility index (Phi) is 6.60. The number of alkyl halides is 2. The first-order valence-corrected chi connectivity index (χ1v) is 10.6. The maximum absolute atomic E-state index is 13.9. The van der Waals surface area contributed by atoms with Gasteiger partial charge in [0.05, 0.1) is 12.2 Å². The van der Waals surface area contributed by atoms with Crippen molar-refractivity contribution in [3.63, 3.8) is 0 Å². The summed E-state index contributed by atoms with van der Waals surface area (Å²) in [6.07, 6.45) is 1.36. The number of ether oxygens (including phenoxy) is 2. The summed E-state index contributed by atoms with van der Waals surface area (Å²) in [6.45, 7) is 2.39. The van der Waals surface area contributed by atoms with E-state index in [2.05, 4.69) is 21.2 Å². The maximum atomic E-state index is 13.9. The van der Waals surface area contributed by atoms with E-state index in [4.69, 9.17) is 9.47 Å². The fourth-order valence-electron chi connectivity index (χ4n) is 4.20. The molecular formula is C22H27F4N3O2. The van der Waals surface area contributed by atoms with E-state index < -0.39 is 24.6 Å². The third-order valence-corrected chi connectivity index (χ3v) is 5.88. The molecular weight excluding hydrogens is 414 g/mol. The van der Waals surface area contributed by atoms with E-state index >= 15 is 0 Å². The predicted octanol–water partition coefficient (Wildman–Crippen LogP) is 3.49. The Morgan fingerprint density at radius 1 is 1.19 bits per heavy atom. The molecule has 9 heteroatoms. The van der Waals surface area contributed by atoms with Crippen LogP contribution in [-0.2, 0) is 4.74 Å². The minimum Gasteiger partial charge on any atom is -0.487 e. The second-order valence-corrected chi connectivity index (χ2v) is 8.20. The van der Waals surface area contributed by atoms with Crippen molar-refractivity contribution in [2.24, 2.45) is 0 Å². The molecule has 4 rings (SSSR count). The molecule has 2 fully saturated rings. The minimum absolute atomic E-state index is 0.0376. The summed E-state index contributed by atoms with van der Waals surface area (Å²) in [5, 5.41) is 2.77. The summed E-state index contributed by atoms with van der Waals surface area (Å²) < 4.78 is 64.4. The number of allylic oxidation sites excluding steroid dienone is 1. The lowest BCUT2D eigenvalue weighted by Crippen LogP contribution is -2.45. The number of fused-ring (bicyclic) bond motifs is 1. The van der Waals surface area contributed by atoms with Gasteiger partial charge in [-0.3, -0.25) is 0 Å². The summed E-state index contributed by atoms with van der Waals surface area (Å²) in [4.78, 5) is 4.26. The van der Waals surface area contributed by atoms with Gasteiger partial charge in [-0.1, -0.05) is 0 Å². The quantitative estimate of drug-likeness (QED) is 0.684. The molecule has 3 aliphatic rings. The lowest BCUT2D eigenvalue weighted by atomic mass is 9.97. The molecule has 0 spiro atoms. The molecule has 1 atom stereocenters. The van der Waals surface area contributed by atoms with Crippen LogP contribution < -0.4 is 10.1 Å². The maximum Gasteiger partial charge on any atom is 0.255 e. The highest BCUT2D eigenvalue weighted by Crippen LogP contribution is 2.32. The number of rotatable bonds is 6. The molecule has 3 aliphatic heterocycles. The van der Waals surface area contributed by atoms with Crippen LogP contribution >= 0.6 is 0 Å². The molecule has 31 heavy (non-hydrogen) atoms. The molecule has 0 amide bonds. The minimum atomic E-state index is -2.48. The molecule has 1 unspecified atom stereocenters. The summed E-state index contributed by atoms with van der Waals surface area (Å²) in [5.41, 5.74) is 1.95. The zero-order valence-electron chi connectivity index (χ0n) is 17.4. The number of hydrogen-bond acceptors (Lipinski definition) is 5. The highest BCUT2D eigenvalue weighted by molar-refractivity contribution is 5.33. The summed E-state index contributed by atoms with van der Waals surface area (Å²) >= 11 is 0. The third kappa shape index (κ3) is 5.26. The molecule has 0 bridgehead atoms. The predicted molar refractivity (Wildman–Crippen MR) is 108 cm³/mol. The van der Waals surface area contributed by atoms with Gasteiger partial charge in [0.15, 0.2) is 11.6 Å². The SMILES string of the molecule is CN1CCC2=CC(N3CCC(Oc4ccc(F)cc4F)CC3)=C(NCC(F)F)OC2C1. The summed E-state index contributed by atoms with van der Waals surface area (Å²) in [5.74, 6) is -0.945. The van der Waals surface area contributed by atoms with Gasteiger partial charge in [-0.15, -0.1) is 0 Å². The molecule has 1 aromatic carbocycles. The summed E-state index contributed by atoms with van der Waals surface area (Å²) in [6, 6.07) is 3.27. The number of likely N-dealkylation sites (tertiary alicyclic amines) is 2. The molecule has 5 nitrogen and oxygen atoms in total. The second-order valence-electron chi connectivity index (χ2n) is 8.20. The van der Waals surface area contributed by atoms with Crippen molar-refractivity contribution in [3.05, 3.63) is 53.1 Å². The number of nitrogens with zero attached hydrogens (tertiary/aromatic N) is 2. The Morgan fingerprint density at radius 3 is 2.68 bits per heavy atom. The van der Waals surface area contributed by atoms with Crippen LogP contribution in [0.3, 0.4) is 0 Å². The first kappa shape index (κ1) is 21.8. The van der Waals surface area contributed by atoms with Gasteiger partial charge < -0.3 is 24.6 Å². The summed E-state index contributed by atoms with van der Waals surface area (Å²) in [7, 11) is 2.01. The lowest BCUT2D eigenvalue weighted by Gasteiger charge is -2.40. The lowest BCUT2D eigenvalue weighted by molar-refractivity contribution is 0.0522. The van der Waals surface area contributed by atoms with Gasteiger partial charge in [-0.2, -0.15) is 0 Å². The zero-order chi connectivity index (χ0) is 22.0. The fraction of sp³-hybridized carbons (Fsp3) is 0.545. The standard InChI is InChI=1S/C22H27F4N3O2/c1-28-7-4-14-10-18(22(27-12-21(25)26)31-20(14)13-28)29-8-5-16(6-9-29)30-19-3-2-15(23)11-17(19)24/h2-3,10-11,16,20-21,27H,4-9,12-13H2,1H3. The Labute approximate surface area is 179 Å². The topological polar surface area (TPSA) is 37.0 Å². The largest absolute Gasteiger partial charge is 0.487 e. The van der Waals surface area contributed by atoms with Crippen molar-refractivity contribution in [2.75, 3.05) is 39.8 Å². The number of nitrogens with one attached hydrogen (secondary N) is 1. The number of halogens is 4. The zero-order valence-corrected chi connectivity index (χ0v) is 17.4. The number of hydrogen-bond donors (Lipinski definition) is 1. The Hall–Kier alpha value is -2.42. The first-order valence-electron chi connectivity index (χ1n) is 10.6. The van der Waals surface area contributed by atoms with E-state index in [0.717, 1.165) is 31.3 Å². The Balaban J connectivity index is 1.44. The monoisotopic (exact) mass is 441 g/mol. The van der Waals surface area contributed by atoms with Crippen LogP contribution in [0.2, 0.25) is 0 Å². The fourth-order valence-corrected chi connectivity index (χ4v) is 4.20. The van der Waals surface area contributed by atoms with Crippen LogP contribution in [0.5, 0.6) is 5.75 Å². The third-order valence-electron chi connectivity index (χ3n) is 5.88. The van der Waals surface area contributed by atoms with Crippen LogP contribution in [0.1, 0.15) is 19.3 Å². The molecule has 170 valence electrons. The normalized spacial score (nSPS) is 22.8. The molecule has 0 aromatic heterocycles. The van der Waals surface area contributed by atoms with Gasteiger partial charge in [0.1, 0.15) is 18.0 Å². The van der Waals surface area contributed by atoms with Crippen molar-refractivity contribution < 1.29 is 27.0 Å². The number of benzene rings is 1. The van der Waals surface area contributed by atoms with E-state index in [0.29, 0.717) is 31.8 Å². The van der Waals surface area contributed by atoms with Crippen LogP contribution in [0.25, 0.3) is 0 Å². The van der Waals surface area contributed by atoms with Crippen molar-refractivity contribution >= 4 is 0 Å². The van der Waals surface area contributed by atoms with Crippen LogP contribution in [0.4, 0.5) is 17.6 Å². The molecule has 0 radical (unpaired) electrons. The van der Waals surface area contributed by atoms with Crippen molar-refractivity contribution in [1.82, 2.24) is 15.1 Å². The van der Waals surface area contributed by atoms with Gasteiger partial charge in [0.2, 0.25) is 5.88 Å². The van der Waals surface area contributed by atoms with Crippen molar-refractivity contribution in [3.8, 4) is 5.75 Å². The molecule has 1 N–H and O–H groups in total. The van der Waals surface area contributed by atoms with Gasteiger partial charge in [-0.05, 0) is 37.3 Å². The van der Waals surface area contributed by atoms with Crippen LogP contribution in [-0.4, -0.2) is 68.2 Å². The molecule has 2 saturated heterocycles. The molecule has 3 heterocycles. The Bertz CT molecular complexity index is 853. The average Bonchev–Trinajstić information content (AvgIpc) is 2.74. The molecule has 1 aromatic rings. The van der Waals surface area contributed by atoms with Crippen LogP contribution in [0, 0.1) is 11.6 Å².